The van der Waals surface area contributed by atoms with Gasteiger partial charge in [0, 0.05) is 25.3 Å². The molecule has 0 saturated carbocycles. The summed E-state index contributed by atoms with van der Waals surface area (Å²) in [6.45, 7) is 6.58. The van der Waals surface area contributed by atoms with Crippen LogP contribution < -0.4 is 11.1 Å². The molecule has 1 heterocycles. The Balaban J connectivity index is 0.00000264. The third kappa shape index (κ3) is 4.56. The molecule has 23 heavy (non-hydrogen) atoms. The van der Waals surface area contributed by atoms with E-state index in [0.717, 1.165) is 11.3 Å². The third-order valence-electron chi connectivity index (χ3n) is 3.99. The minimum atomic E-state index is -0.220. The number of nitrogens with one attached hydrogen (secondary N) is 1. The molecule has 0 aliphatic rings. The molecule has 0 spiro atoms. The highest BCUT2D eigenvalue weighted by molar-refractivity contribution is 5.95. The van der Waals surface area contributed by atoms with E-state index in [1.165, 1.54) is 5.56 Å². The fourth-order valence-electron chi connectivity index (χ4n) is 2.27. The van der Waals surface area contributed by atoms with Crippen LogP contribution in [-0.2, 0) is 7.05 Å². The third-order valence-corrected chi connectivity index (χ3v) is 3.99. The quantitative estimate of drug-likeness (QED) is 0.881. The van der Waals surface area contributed by atoms with E-state index in [9.17, 15) is 4.79 Å². The highest BCUT2D eigenvalue weighted by Gasteiger charge is 2.14. The number of nitrogens with two attached hydrogens (primary N) is 1. The number of carbonyl (C=O) groups is 1. The first-order chi connectivity index (χ1) is 10.4. The lowest BCUT2D eigenvalue weighted by Crippen LogP contribution is -2.32. The van der Waals surface area contributed by atoms with E-state index in [2.05, 4.69) is 36.4 Å². The smallest absolute Gasteiger partial charge is 0.254 e. The average Bonchev–Trinajstić information content (AvgIpc) is 2.84. The maximum Gasteiger partial charge on any atom is 0.254 e. The molecule has 1 unspecified atom stereocenters. The molecule has 0 bridgehead atoms. The maximum absolute atomic E-state index is 12.1. The second-order valence-corrected chi connectivity index (χ2v) is 5.91. The van der Waals surface area contributed by atoms with Gasteiger partial charge in [0.1, 0.15) is 0 Å². The van der Waals surface area contributed by atoms with Gasteiger partial charge in [0.05, 0.1) is 11.8 Å². The number of rotatable bonds is 5. The Morgan fingerprint density at radius 2 is 1.83 bits per heavy atom. The molecular weight excluding hydrogens is 312 g/mol. The largest absolute Gasteiger partial charge is 0.350 e. The molecule has 0 aliphatic heterocycles. The molecule has 2 aromatic rings. The number of hydrogen-bond donors (Lipinski definition) is 2. The minimum Gasteiger partial charge on any atom is -0.350 e. The molecule has 6 heteroatoms. The molecule has 3 N–H and O–H groups in total. The van der Waals surface area contributed by atoms with Crippen LogP contribution in [0.25, 0.3) is 0 Å². The summed E-state index contributed by atoms with van der Waals surface area (Å²) < 4.78 is 1.68. The van der Waals surface area contributed by atoms with Gasteiger partial charge in [-0.2, -0.15) is 5.10 Å². The number of halogens is 1. The fraction of sp³-hybridized carbons (Fsp3) is 0.412. The van der Waals surface area contributed by atoms with Crippen molar-refractivity contribution in [1.82, 2.24) is 15.1 Å². The Hall–Kier alpha value is -1.85. The van der Waals surface area contributed by atoms with E-state index in [0.29, 0.717) is 18.0 Å². The van der Waals surface area contributed by atoms with Crippen molar-refractivity contribution in [1.29, 1.82) is 0 Å². The van der Waals surface area contributed by atoms with E-state index in [4.69, 9.17) is 5.73 Å². The maximum atomic E-state index is 12.1. The van der Waals surface area contributed by atoms with E-state index in [-0.39, 0.29) is 24.4 Å². The Morgan fingerprint density at radius 3 is 2.30 bits per heavy atom. The van der Waals surface area contributed by atoms with Gasteiger partial charge >= 0.3 is 0 Å². The minimum absolute atomic E-state index is 0. The summed E-state index contributed by atoms with van der Waals surface area (Å²) in [6.07, 6.45) is 1.58. The molecule has 0 saturated heterocycles. The van der Waals surface area contributed by atoms with Gasteiger partial charge in [0.15, 0.2) is 0 Å². The van der Waals surface area contributed by atoms with E-state index in [1.54, 1.807) is 10.9 Å². The number of amides is 1. The molecule has 2 rings (SSSR count). The number of aromatic nitrogens is 2. The van der Waals surface area contributed by atoms with Crippen molar-refractivity contribution in [3.8, 4) is 0 Å². The second-order valence-electron chi connectivity index (χ2n) is 5.91. The monoisotopic (exact) mass is 336 g/mol. The van der Waals surface area contributed by atoms with Crippen LogP contribution in [0.3, 0.4) is 0 Å². The Labute approximate surface area is 143 Å². The van der Waals surface area contributed by atoms with Crippen molar-refractivity contribution in [2.75, 3.05) is 6.54 Å². The summed E-state index contributed by atoms with van der Waals surface area (Å²) >= 11 is 0. The summed E-state index contributed by atoms with van der Waals surface area (Å²) in [6, 6.07) is 8.02. The summed E-state index contributed by atoms with van der Waals surface area (Å²) in [5, 5.41) is 6.94. The number of hydrogen-bond acceptors (Lipinski definition) is 3. The molecule has 5 nitrogen and oxygen atoms in total. The van der Waals surface area contributed by atoms with Gasteiger partial charge in [0.2, 0.25) is 0 Å². The highest BCUT2D eigenvalue weighted by Crippen LogP contribution is 2.17. The molecule has 0 aliphatic carbocycles. The van der Waals surface area contributed by atoms with Gasteiger partial charge in [-0.3, -0.25) is 9.48 Å². The Bertz CT molecular complexity index is 649. The van der Waals surface area contributed by atoms with Crippen LogP contribution >= 0.6 is 12.4 Å². The first kappa shape index (κ1) is 19.2. The molecule has 1 aromatic carbocycles. The predicted molar refractivity (Wildman–Crippen MR) is 95.0 cm³/mol. The van der Waals surface area contributed by atoms with Gasteiger partial charge in [0.25, 0.3) is 5.91 Å². The number of nitrogens with zero attached hydrogens (tertiary/aromatic N) is 2. The van der Waals surface area contributed by atoms with Crippen molar-refractivity contribution < 1.29 is 4.79 Å². The zero-order valence-electron chi connectivity index (χ0n) is 14.0. The van der Waals surface area contributed by atoms with Crippen LogP contribution in [0.4, 0.5) is 0 Å². The lowest BCUT2D eigenvalue weighted by atomic mass is 9.99. The van der Waals surface area contributed by atoms with Crippen molar-refractivity contribution in [2.45, 2.75) is 32.7 Å². The van der Waals surface area contributed by atoms with Crippen LogP contribution in [0.2, 0.25) is 0 Å². The first-order valence-electron chi connectivity index (χ1n) is 7.52. The highest BCUT2D eigenvalue weighted by atomic mass is 35.5. The number of benzene rings is 1. The summed E-state index contributed by atoms with van der Waals surface area (Å²) in [5.74, 6) is 0.360. The molecule has 1 atom stereocenters. The Morgan fingerprint density at radius 1 is 1.26 bits per heavy atom. The number of aryl methyl sites for hydroxylation is 1. The van der Waals surface area contributed by atoms with E-state index >= 15 is 0 Å². The molecular formula is C17H25ClN4O. The van der Waals surface area contributed by atoms with E-state index < -0.39 is 0 Å². The van der Waals surface area contributed by atoms with Crippen LogP contribution in [0.15, 0.2) is 30.5 Å². The number of carbonyl (C=O) groups excluding carboxylic acids is 1. The van der Waals surface area contributed by atoms with Gasteiger partial charge in [-0.1, -0.05) is 38.1 Å². The lowest BCUT2D eigenvalue weighted by Gasteiger charge is -2.14. The standard InChI is InChI=1S/C17H24N4O.ClH/c1-11(2)13-5-7-14(8-6-13)16(18)10-19-17(22)15-9-20-21(4)12(15)3;/h5-9,11,16H,10,18H2,1-4H3,(H,19,22);1H. The van der Waals surface area contributed by atoms with Crippen LogP contribution in [0.1, 0.15) is 53.0 Å². The van der Waals surface area contributed by atoms with Gasteiger partial charge in [-0.15, -0.1) is 12.4 Å². The van der Waals surface area contributed by atoms with Crippen LogP contribution in [0, 0.1) is 6.92 Å². The molecule has 0 fully saturated rings. The average molecular weight is 337 g/mol. The second kappa shape index (κ2) is 8.13. The summed E-state index contributed by atoms with van der Waals surface area (Å²) in [4.78, 5) is 12.1. The normalized spacial score (nSPS) is 11.9. The zero-order chi connectivity index (χ0) is 16.3. The molecule has 126 valence electrons. The lowest BCUT2D eigenvalue weighted by molar-refractivity contribution is 0.0950. The van der Waals surface area contributed by atoms with Crippen molar-refractivity contribution in [2.24, 2.45) is 12.8 Å². The summed E-state index contributed by atoms with van der Waals surface area (Å²) in [5.41, 5.74) is 9.89. The topological polar surface area (TPSA) is 72.9 Å². The van der Waals surface area contributed by atoms with E-state index in [1.807, 2.05) is 26.1 Å². The van der Waals surface area contributed by atoms with Gasteiger partial charge < -0.3 is 11.1 Å². The predicted octanol–water partition coefficient (Wildman–Crippen LogP) is 2.70. The first-order valence-corrected chi connectivity index (χ1v) is 7.52. The van der Waals surface area contributed by atoms with Gasteiger partial charge in [-0.25, -0.2) is 0 Å². The molecule has 1 aromatic heterocycles. The fourth-order valence-corrected chi connectivity index (χ4v) is 2.27. The van der Waals surface area contributed by atoms with Crippen molar-refractivity contribution in [3.05, 3.63) is 52.8 Å². The summed E-state index contributed by atoms with van der Waals surface area (Å²) in [7, 11) is 1.81. The SMILES string of the molecule is Cc1c(C(=O)NCC(N)c2ccc(C(C)C)cc2)cnn1C.Cl. The molecule has 0 radical (unpaired) electrons. The zero-order valence-corrected chi connectivity index (χ0v) is 14.9. The van der Waals surface area contributed by atoms with Crippen molar-refractivity contribution >= 4 is 18.3 Å². The van der Waals surface area contributed by atoms with Crippen LogP contribution in [-0.4, -0.2) is 22.2 Å². The Kier molecular flexibility index (Phi) is 6.79. The van der Waals surface area contributed by atoms with Gasteiger partial charge in [-0.05, 0) is 24.0 Å². The molecule has 1 amide bonds. The van der Waals surface area contributed by atoms with Crippen molar-refractivity contribution in [3.63, 3.8) is 0 Å². The van der Waals surface area contributed by atoms with Crippen LogP contribution in [0.5, 0.6) is 0 Å².